The van der Waals surface area contributed by atoms with Gasteiger partial charge in [0.15, 0.2) is 5.78 Å². The molecule has 2 unspecified atom stereocenters. The van der Waals surface area contributed by atoms with Crippen molar-refractivity contribution in [2.24, 2.45) is 5.92 Å². The molecule has 2 aromatic carbocycles. The van der Waals surface area contributed by atoms with Crippen molar-refractivity contribution in [2.45, 2.75) is 76.9 Å². The predicted octanol–water partition coefficient (Wildman–Crippen LogP) is 6.09. The summed E-state index contributed by atoms with van der Waals surface area (Å²) < 4.78 is 0. The Morgan fingerprint density at radius 3 is 2.16 bits per heavy atom. The monoisotopic (exact) mass is 433 g/mol. The van der Waals surface area contributed by atoms with E-state index >= 15 is 0 Å². The first-order valence-electron chi connectivity index (χ1n) is 12.3. The van der Waals surface area contributed by atoms with Crippen molar-refractivity contribution in [3.8, 4) is 0 Å². The second-order valence-corrected chi connectivity index (χ2v) is 9.40. The number of hydrogen-bond acceptors (Lipinski definition) is 3. The third kappa shape index (κ3) is 5.29. The Morgan fingerprint density at radius 2 is 1.41 bits per heavy atom. The van der Waals surface area contributed by atoms with Gasteiger partial charge in [-0.25, -0.2) is 0 Å². The summed E-state index contributed by atoms with van der Waals surface area (Å²) in [7, 11) is 0. The number of Topliss-reactive ketones (excluding diaryl/α,β-unsaturated/α-hetero) is 1. The molecule has 1 aliphatic carbocycles. The summed E-state index contributed by atoms with van der Waals surface area (Å²) in [5.74, 6) is 0.373. The number of nitrogens with zero attached hydrogens (tertiary/aromatic N) is 1. The van der Waals surface area contributed by atoms with Gasteiger partial charge >= 0.3 is 0 Å². The number of aliphatic hydroxyl groups excluding tert-OH is 1. The fraction of sp³-hybridized carbons (Fsp3) is 0.500. The quantitative estimate of drug-likeness (QED) is 0.436. The molecule has 0 saturated heterocycles. The van der Waals surface area contributed by atoms with Crippen molar-refractivity contribution in [2.75, 3.05) is 6.54 Å². The van der Waals surface area contributed by atoms with Crippen LogP contribution < -0.4 is 0 Å². The molecule has 0 aromatic heterocycles. The lowest BCUT2D eigenvalue weighted by Gasteiger charge is -2.27. The lowest BCUT2D eigenvalue weighted by Crippen LogP contribution is -2.25. The van der Waals surface area contributed by atoms with Crippen molar-refractivity contribution < 1.29 is 14.7 Å². The normalized spacial score (nSPS) is 19.8. The minimum atomic E-state index is -0.501. The standard InChI is InChI=1S/C28H35NO3/c30-26-19-21(27(31)25-17-11-10-16-24(25)26)13-7-5-3-1-2-4-6-12-18-29-20-22-14-8-9-15-23(22)28(29)32/h8-11,14-17,21,26,30H,1-7,12-13,18-20H2. The average Bonchev–Trinajstić information content (AvgIpc) is 3.14. The Bertz CT molecular complexity index is 938. The van der Waals surface area contributed by atoms with Crippen LogP contribution in [0.4, 0.5) is 0 Å². The molecule has 0 radical (unpaired) electrons. The molecule has 4 heteroatoms. The second-order valence-electron chi connectivity index (χ2n) is 9.40. The van der Waals surface area contributed by atoms with Gasteiger partial charge in [0, 0.05) is 30.1 Å². The first kappa shape index (κ1) is 22.7. The van der Waals surface area contributed by atoms with Crippen LogP contribution in [0.2, 0.25) is 0 Å². The summed E-state index contributed by atoms with van der Waals surface area (Å²) in [4.78, 5) is 27.0. The summed E-state index contributed by atoms with van der Waals surface area (Å²) in [6.45, 7) is 1.62. The highest BCUT2D eigenvalue weighted by Gasteiger charge is 2.31. The molecular weight excluding hydrogens is 398 g/mol. The Balaban J connectivity index is 1.03. The van der Waals surface area contributed by atoms with E-state index in [0.717, 1.165) is 61.0 Å². The Morgan fingerprint density at radius 1 is 0.781 bits per heavy atom. The van der Waals surface area contributed by atoms with Gasteiger partial charge in [-0.2, -0.15) is 0 Å². The van der Waals surface area contributed by atoms with E-state index in [2.05, 4.69) is 6.07 Å². The van der Waals surface area contributed by atoms with E-state index in [9.17, 15) is 14.7 Å². The third-order valence-corrected chi connectivity index (χ3v) is 7.09. The van der Waals surface area contributed by atoms with E-state index in [1.807, 2.05) is 47.4 Å². The molecular formula is C28H35NO3. The number of carbonyl (C=O) groups is 2. The molecule has 2 aromatic rings. The molecule has 1 heterocycles. The Hall–Kier alpha value is -2.46. The van der Waals surface area contributed by atoms with Crippen molar-refractivity contribution in [1.82, 2.24) is 4.90 Å². The molecule has 4 rings (SSSR count). The molecule has 0 saturated carbocycles. The first-order chi connectivity index (χ1) is 15.6. The van der Waals surface area contributed by atoms with Gasteiger partial charge in [-0.3, -0.25) is 9.59 Å². The number of unbranched alkanes of at least 4 members (excludes halogenated alkanes) is 7. The van der Waals surface area contributed by atoms with E-state index in [4.69, 9.17) is 0 Å². The fourth-order valence-electron chi connectivity index (χ4n) is 5.23. The minimum absolute atomic E-state index is 0.0284. The molecule has 0 fully saturated rings. The number of aliphatic hydroxyl groups is 1. The zero-order valence-electron chi connectivity index (χ0n) is 19.0. The van der Waals surface area contributed by atoms with Gasteiger partial charge in [0.2, 0.25) is 0 Å². The smallest absolute Gasteiger partial charge is 0.254 e. The van der Waals surface area contributed by atoms with Crippen LogP contribution in [0, 0.1) is 5.92 Å². The minimum Gasteiger partial charge on any atom is -0.388 e. The maximum Gasteiger partial charge on any atom is 0.254 e. The molecule has 0 bridgehead atoms. The van der Waals surface area contributed by atoms with Crippen molar-refractivity contribution >= 4 is 11.7 Å². The molecule has 0 spiro atoms. The first-order valence-corrected chi connectivity index (χ1v) is 12.3. The van der Waals surface area contributed by atoms with Gasteiger partial charge in [0.1, 0.15) is 0 Å². The Kier molecular flexibility index (Phi) is 7.75. The average molecular weight is 434 g/mol. The summed E-state index contributed by atoms with van der Waals surface area (Å²) >= 11 is 0. The molecule has 1 amide bonds. The number of ketones is 1. The lowest BCUT2D eigenvalue weighted by atomic mass is 9.78. The molecule has 1 aliphatic heterocycles. The zero-order valence-corrected chi connectivity index (χ0v) is 19.0. The van der Waals surface area contributed by atoms with Crippen molar-refractivity contribution in [1.29, 1.82) is 0 Å². The second kappa shape index (κ2) is 10.9. The molecule has 2 aliphatic rings. The molecule has 1 N–H and O–H groups in total. The Labute approximate surface area is 191 Å². The van der Waals surface area contributed by atoms with E-state index in [0.29, 0.717) is 6.42 Å². The van der Waals surface area contributed by atoms with Crippen LogP contribution in [0.25, 0.3) is 0 Å². The van der Waals surface area contributed by atoms with Crippen molar-refractivity contribution in [3.63, 3.8) is 0 Å². The summed E-state index contributed by atoms with van der Waals surface area (Å²) in [6, 6.07) is 15.4. The van der Waals surface area contributed by atoms with Gasteiger partial charge in [0.05, 0.1) is 6.10 Å². The van der Waals surface area contributed by atoms with Crippen LogP contribution in [-0.2, 0) is 6.54 Å². The number of hydrogen-bond donors (Lipinski definition) is 1. The zero-order chi connectivity index (χ0) is 22.3. The summed E-state index contributed by atoms with van der Waals surface area (Å²) in [5.41, 5.74) is 3.55. The van der Waals surface area contributed by atoms with Gasteiger partial charge < -0.3 is 10.0 Å². The summed E-state index contributed by atoms with van der Waals surface area (Å²) in [6.07, 6.45) is 10.3. The van der Waals surface area contributed by atoms with Crippen molar-refractivity contribution in [3.05, 3.63) is 70.8 Å². The van der Waals surface area contributed by atoms with Crippen LogP contribution in [0.5, 0.6) is 0 Å². The fourth-order valence-corrected chi connectivity index (χ4v) is 5.23. The van der Waals surface area contributed by atoms with E-state index < -0.39 is 6.10 Å². The number of benzene rings is 2. The van der Waals surface area contributed by atoms with Gasteiger partial charge in [-0.15, -0.1) is 0 Å². The summed E-state index contributed by atoms with van der Waals surface area (Å²) in [5, 5.41) is 10.3. The van der Waals surface area contributed by atoms with E-state index in [1.165, 1.54) is 32.1 Å². The predicted molar refractivity (Wildman–Crippen MR) is 127 cm³/mol. The maximum absolute atomic E-state index is 12.7. The van der Waals surface area contributed by atoms with Crippen LogP contribution in [0.15, 0.2) is 48.5 Å². The lowest BCUT2D eigenvalue weighted by molar-refractivity contribution is 0.0758. The third-order valence-electron chi connectivity index (χ3n) is 7.09. The van der Waals surface area contributed by atoms with Crippen LogP contribution in [0.3, 0.4) is 0 Å². The van der Waals surface area contributed by atoms with E-state index in [1.54, 1.807) is 0 Å². The molecule has 2 atom stereocenters. The molecule has 170 valence electrons. The van der Waals surface area contributed by atoms with Crippen LogP contribution in [-0.4, -0.2) is 28.2 Å². The van der Waals surface area contributed by atoms with Crippen LogP contribution >= 0.6 is 0 Å². The number of amides is 1. The topological polar surface area (TPSA) is 57.6 Å². The van der Waals surface area contributed by atoms with Gasteiger partial charge in [-0.1, -0.05) is 87.4 Å². The largest absolute Gasteiger partial charge is 0.388 e. The highest BCUT2D eigenvalue weighted by Crippen LogP contribution is 2.35. The molecule has 4 nitrogen and oxygen atoms in total. The van der Waals surface area contributed by atoms with Gasteiger partial charge in [0.25, 0.3) is 5.91 Å². The van der Waals surface area contributed by atoms with Crippen LogP contribution in [0.1, 0.15) is 102 Å². The highest BCUT2D eigenvalue weighted by molar-refractivity contribution is 6.00. The van der Waals surface area contributed by atoms with Gasteiger partial charge in [-0.05, 0) is 36.5 Å². The molecule has 32 heavy (non-hydrogen) atoms. The number of carbonyl (C=O) groups excluding carboxylic acids is 2. The maximum atomic E-state index is 12.7. The SMILES string of the molecule is O=C1c2ccccc2C(O)CC1CCCCCCCCCCN1Cc2ccccc2C1=O. The number of fused-ring (bicyclic) bond motifs is 2. The highest BCUT2D eigenvalue weighted by atomic mass is 16.3. The van der Waals surface area contributed by atoms with E-state index in [-0.39, 0.29) is 17.6 Å². The number of rotatable bonds is 11.